The molecule has 1 aromatic rings. The number of halogens is 1. The van der Waals surface area contributed by atoms with Crippen molar-refractivity contribution in [3.63, 3.8) is 0 Å². The van der Waals surface area contributed by atoms with Crippen molar-refractivity contribution in [2.45, 2.75) is 59.5 Å². The van der Waals surface area contributed by atoms with Gasteiger partial charge in [0.2, 0.25) is 0 Å². The van der Waals surface area contributed by atoms with Gasteiger partial charge in [-0.2, -0.15) is 0 Å². The lowest BCUT2D eigenvalue weighted by atomic mass is 10.0. The summed E-state index contributed by atoms with van der Waals surface area (Å²) in [5, 5.41) is 3.18. The van der Waals surface area contributed by atoms with Crippen LogP contribution in [-0.2, 0) is 22.4 Å². The summed E-state index contributed by atoms with van der Waals surface area (Å²) < 4.78 is 5.24. The van der Waals surface area contributed by atoms with E-state index in [4.69, 9.17) is 10.5 Å². The predicted octanol–water partition coefficient (Wildman–Crippen LogP) is 3.89. The number of carbonyl (C=O) groups excluding carboxylic acids is 1. The van der Waals surface area contributed by atoms with Gasteiger partial charge < -0.3 is 15.8 Å². The van der Waals surface area contributed by atoms with Gasteiger partial charge in [0.15, 0.2) is 5.96 Å². The molecule has 0 aromatic heterocycles. The largest absolute Gasteiger partial charge is 0.460 e. The summed E-state index contributed by atoms with van der Waals surface area (Å²) in [5.74, 6) is 0.0569. The summed E-state index contributed by atoms with van der Waals surface area (Å²) in [6.45, 7) is 10.1. The number of aryl methyl sites for hydroxylation is 2. The molecular formula is C18H30IN3O2. The first-order chi connectivity index (χ1) is 10.8. The summed E-state index contributed by atoms with van der Waals surface area (Å²) in [6, 6.07) is 6.21. The molecule has 0 heterocycles. The average Bonchev–Trinajstić information content (AvgIpc) is 2.45. The quantitative estimate of drug-likeness (QED) is 0.300. The van der Waals surface area contributed by atoms with Gasteiger partial charge >= 0.3 is 5.97 Å². The number of hydrogen-bond donors (Lipinski definition) is 2. The minimum absolute atomic E-state index is 0. The Morgan fingerprint density at radius 1 is 1.21 bits per heavy atom. The molecular weight excluding hydrogens is 417 g/mol. The van der Waals surface area contributed by atoms with Crippen molar-refractivity contribution in [3.8, 4) is 0 Å². The standard InChI is InChI=1S/C18H29N3O2.HI/c1-6-13-9-8-10-14(7-2)16(13)21-17(19)20-12-11-15(22)23-18(3,4)5;/h8-10H,6-7,11-12H2,1-5H3,(H3,19,20,21);1H. The van der Waals surface area contributed by atoms with Crippen LogP contribution in [-0.4, -0.2) is 24.1 Å². The molecule has 0 amide bonds. The number of para-hydroxylation sites is 1. The molecule has 0 fully saturated rings. The highest BCUT2D eigenvalue weighted by Crippen LogP contribution is 2.22. The van der Waals surface area contributed by atoms with Gasteiger partial charge in [0.25, 0.3) is 0 Å². The SMILES string of the molecule is CCc1cccc(CC)c1NC(N)=NCCC(=O)OC(C)(C)C.I. The van der Waals surface area contributed by atoms with Gasteiger partial charge in [-0.25, -0.2) is 0 Å². The van der Waals surface area contributed by atoms with Crippen LogP contribution in [0.5, 0.6) is 0 Å². The van der Waals surface area contributed by atoms with Crippen LogP contribution in [0.15, 0.2) is 23.2 Å². The third-order valence-corrected chi connectivity index (χ3v) is 3.27. The molecule has 0 atom stereocenters. The normalized spacial score (nSPS) is 11.6. The molecule has 0 aliphatic heterocycles. The Morgan fingerprint density at radius 3 is 2.21 bits per heavy atom. The molecule has 0 saturated heterocycles. The van der Waals surface area contributed by atoms with Gasteiger partial charge in [0.05, 0.1) is 13.0 Å². The van der Waals surface area contributed by atoms with Gasteiger partial charge in [0.1, 0.15) is 5.60 Å². The Kier molecular flexibility index (Phi) is 9.96. The highest BCUT2D eigenvalue weighted by Gasteiger charge is 2.15. The minimum Gasteiger partial charge on any atom is -0.460 e. The highest BCUT2D eigenvalue weighted by atomic mass is 127. The number of nitrogens with two attached hydrogens (primary N) is 1. The zero-order valence-corrected chi connectivity index (χ0v) is 17.6. The monoisotopic (exact) mass is 447 g/mol. The highest BCUT2D eigenvalue weighted by molar-refractivity contribution is 14.0. The van der Waals surface area contributed by atoms with Gasteiger partial charge in [0, 0.05) is 5.69 Å². The number of carbonyl (C=O) groups is 1. The van der Waals surface area contributed by atoms with Crippen LogP contribution in [0.3, 0.4) is 0 Å². The van der Waals surface area contributed by atoms with Crippen molar-refractivity contribution >= 4 is 41.6 Å². The van der Waals surface area contributed by atoms with Crippen molar-refractivity contribution in [3.05, 3.63) is 29.3 Å². The third kappa shape index (κ3) is 7.99. The number of esters is 1. The summed E-state index contributed by atoms with van der Waals surface area (Å²) in [7, 11) is 0. The Bertz CT molecular complexity index is 544. The average molecular weight is 447 g/mol. The fourth-order valence-corrected chi connectivity index (χ4v) is 2.23. The number of anilines is 1. The Balaban J connectivity index is 0.00000529. The molecule has 136 valence electrons. The number of aliphatic imine (C=N–C) groups is 1. The molecule has 3 N–H and O–H groups in total. The number of hydrogen-bond acceptors (Lipinski definition) is 3. The second-order valence-corrected chi connectivity index (χ2v) is 6.39. The van der Waals surface area contributed by atoms with Gasteiger partial charge in [-0.15, -0.1) is 24.0 Å². The Morgan fingerprint density at radius 2 is 1.75 bits per heavy atom. The number of rotatable bonds is 6. The van der Waals surface area contributed by atoms with Crippen molar-refractivity contribution in [2.75, 3.05) is 11.9 Å². The molecule has 1 rings (SSSR count). The van der Waals surface area contributed by atoms with Gasteiger partial charge in [-0.3, -0.25) is 9.79 Å². The molecule has 1 aromatic carbocycles. The molecule has 0 bridgehead atoms. The fourth-order valence-electron chi connectivity index (χ4n) is 2.23. The van der Waals surface area contributed by atoms with Crippen molar-refractivity contribution in [1.29, 1.82) is 0 Å². The van der Waals surface area contributed by atoms with E-state index in [2.05, 4.69) is 42.4 Å². The van der Waals surface area contributed by atoms with E-state index in [1.807, 2.05) is 20.8 Å². The van der Waals surface area contributed by atoms with Gasteiger partial charge in [-0.05, 0) is 44.7 Å². The number of nitrogens with one attached hydrogen (secondary N) is 1. The number of guanidine groups is 1. The molecule has 0 aliphatic rings. The van der Waals surface area contributed by atoms with Crippen LogP contribution in [0, 0.1) is 0 Å². The molecule has 0 saturated carbocycles. The van der Waals surface area contributed by atoms with Crippen molar-refractivity contribution in [2.24, 2.45) is 10.7 Å². The van der Waals surface area contributed by atoms with E-state index < -0.39 is 5.60 Å². The Labute approximate surface area is 162 Å². The molecule has 0 radical (unpaired) electrons. The summed E-state index contributed by atoms with van der Waals surface area (Å²) >= 11 is 0. The van der Waals surface area contributed by atoms with Crippen LogP contribution in [0.4, 0.5) is 5.69 Å². The van der Waals surface area contributed by atoms with Crippen molar-refractivity contribution in [1.82, 2.24) is 0 Å². The summed E-state index contributed by atoms with van der Waals surface area (Å²) in [5.41, 5.74) is 8.91. The van der Waals surface area contributed by atoms with E-state index >= 15 is 0 Å². The topological polar surface area (TPSA) is 76.7 Å². The smallest absolute Gasteiger partial charge is 0.308 e. The molecule has 6 heteroatoms. The zero-order chi connectivity index (χ0) is 17.5. The maximum Gasteiger partial charge on any atom is 0.308 e. The van der Waals surface area contributed by atoms with Crippen LogP contribution < -0.4 is 11.1 Å². The molecule has 0 aliphatic carbocycles. The number of benzene rings is 1. The summed E-state index contributed by atoms with van der Waals surface area (Å²) in [4.78, 5) is 15.9. The maximum absolute atomic E-state index is 11.6. The minimum atomic E-state index is -0.472. The molecule has 24 heavy (non-hydrogen) atoms. The van der Waals surface area contributed by atoms with Crippen LogP contribution in [0.1, 0.15) is 52.2 Å². The first-order valence-corrected chi connectivity index (χ1v) is 8.16. The van der Waals surface area contributed by atoms with Crippen LogP contribution in [0.25, 0.3) is 0 Å². The second-order valence-electron chi connectivity index (χ2n) is 6.39. The first kappa shape index (κ1) is 22.7. The Hall–Kier alpha value is -1.31. The lowest BCUT2D eigenvalue weighted by Gasteiger charge is -2.19. The molecule has 5 nitrogen and oxygen atoms in total. The fraction of sp³-hybridized carbons (Fsp3) is 0.556. The van der Waals surface area contributed by atoms with Gasteiger partial charge in [-0.1, -0.05) is 32.0 Å². The van der Waals surface area contributed by atoms with E-state index in [9.17, 15) is 4.79 Å². The maximum atomic E-state index is 11.6. The second kappa shape index (κ2) is 10.5. The van der Waals surface area contributed by atoms with E-state index in [1.165, 1.54) is 11.1 Å². The van der Waals surface area contributed by atoms with E-state index in [0.717, 1.165) is 18.5 Å². The zero-order valence-electron chi connectivity index (χ0n) is 15.3. The van der Waals surface area contributed by atoms with E-state index in [0.29, 0.717) is 12.5 Å². The van der Waals surface area contributed by atoms with Crippen molar-refractivity contribution < 1.29 is 9.53 Å². The molecule has 0 spiro atoms. The van der Waals surface area contributed by atoms with Crippen LogP contribution in [0.2, 0.25) is 0 Å². The first-order valence-electron chi connectivity index (χ1n) is 8.16. The predicted molar refractivity (Wildman–Crippen MR) is 111 cm³/mol. The lowest BCUT2D eigenvalue weighted by Crippen LogP contribution is -2.26. The lowest BCUT2D eigenvalue weighted by molar-refractivity contribution is -0.154. The van der Waals surface area contributed by atoms with E-state index in [1.54, 1.807) is 0 Å². The third-order valence-electron chi connectivity index (χ3n) is 3.27. The molecule has 0 unspecified atom stereocenters. The number of ether oxygens (including phenoxy) is 1. The van der Waals surface area contributed by atoms with E-state index in [-0.39, 0.29) is 36.4 Å². The summed E-state index contributed by atoms with van der Waals surface area (Å²) in [6.07, 6.45) is 2.05. The van der Waals surface area contributed by atoms with Crippen LogP contribution >= 0.6 is 24.0 Å². The number of nitrogens with zero attached hydrogens (tertiary/aromatic N) is 1.